The molecule has 5 aromatic rings. The van der Waals surface area contributed by atoms with Gasteiger partial charge in [-0.15, -0.1) is 0 Å². The van der Waals surface area contributed by atoms with Crippen LogP contribution in [-0.4, -0.2) is 26.8 Å². The van der Waals surface area contributed by atoms with Crippen LogP contribution in [0.4, 0.5) is 17.2 Å². The van der Waals surface area contributed by atoms with Gasteiger partial charge in [0.1, 0.15) is 12.1 Å². The maximum atomic E-state index is 13.2. The molecule has 40 heavy (non-hydrogen) atoms. The number of nitrogens with zero attached hydrogens (tertiary/aromatic N) is 3. The molecule has 0 fully saturated rings. The molecule has 0 bridgehead atoms. The minimum absolute atomic E-state index is 0.247. The Hall–Kier alpha value is -4.28. The third-order valence-electron chi connectivity index (χ3n) is 6.07. The maximum Gasteiger partial charge on any atom is 0.255 e. The van der Waals surface area contributed by atoms with E-state index in [9.17, 15) is 9.59 Å². The monoisotopic (exact) mass is 612 g/mol. The van der Waals surface area contributed by atoms with Gasteiger partial charge >= 0.3 is 0 Å². The second-order valence-corrected chi connectivity index (χ2v) is 11.3. The Kier molecular flexibility index (Phi) is 8.09. The van der Waals surface area contributed by atoms with E-state index in [-0.39, 0.29) is 11.8 Å². The lowest BCUT2D eigenvalue weighted by Gasteiger charge is -2.15. The largest absolute Gasteiger partial charge is 0.366 e. The van der Waals surface area contributed by atoms with Crippen molar-refractivity contribution in [3.05, 3.63) is 106 Å². The van der Waals surface area contributed by atoms with E-state index in [1.54, 1.807) is 24.3 Å². The van der Waals surface area contributed by atoms with E-state index < -0.39 is 5.91 Å². The lowest BCUT2D eigenvalue weighted by molar-refractivity contribution is 0.0997. The Labute approximate surface area is 244 Å². The summed E-state index contributed by atoms with van der Waals surface area (Å²) in [6.45, 7) is 4.16. The summed E-state index contributed by atoms with van der Waals surface area (Å²) in [5.74, 6) is 0.110. The zero-order valence-electron chi connectivity index (χ0n) is 21.7. The maximum absolute atomic E-state index is 13.2. The first-order valence-corrected chi connectivity index (χ1v) is 14.0. The summed E-state index contributed by atoms with van der Waals surface area (Å²) < 4.78 is 0.925. The third-order valence-corrected chi connectivity index (χ3v) is 7.69. The van der Waals surface area contributed by atoms with Gasteiger partial charge in [0.15, 0.2) is 5.65 Å². The fourth-order valence-electron chi connectivity index (χ4n) is 3.91. The number of nitrogens with one attached hydrogen (secondary N) is 2. The number of nitrogens with two attached hydrogens (primary N) is 1. The summed E-state index contributed by atoms with van der Waals surface area (Å²) in [5.41, 5.74) is 9.19. The average molecular weight is 614 g/mol. The molecular weight excluding hydrogens is 588 g/mol. The van der Waals surface area contributed by atoms with Crippen molar-refractivity contribution in [2.45, 2.75) is 29.6 Å². The molecule has 0 aliphatic rings. The number of hydrogen-bond acceptors (Lipinski definition) is 7. The summed E-state index contributed by atoms with van der Waals surface area (Å²) >= 11 is 4.89. The smallest absolute Gasteiger partial charge is 0.255 e. The molecule has 0 aliphatic carbocycles. The number of halogens is 1. The van der Waals surface area contributed by atoms with Gasteiger partial charge in [0, 0.05) is 36.8 Å². The van der Waals surface area contributed by atoms with Gasteiger partial charge in [-0.2, -0.15) is 0 Å². The number of amides is 2. The van der Waals surface area contributed by atoms with Crippen LogP contribution < -0.4 is 16.4 Å². The van der Waals surface area contributed by atoms with Gasteiger partial charge in [-0.25, -0.2) is 15.0 Å². The minimum atomic E-state index is -0.482. The molecule has 2 aromatic heterocycles. The van der Waals surface area contributed by atoms with Crippen LogP contribution in [-0.2, 0) is 0 Å². The van der Waals surface area contributed by atoms with E-state index in [1.807, 2.05) is 54.6 Å². The number of primary amides is 1. The summed E-state index contributed by atoms with van der Waals surface area (Å²) in [4.78, 5) is 39.9. The van der Waals surface area contributed by atoms with Crippen molar-refractivity contribution in [3.8, 4) is 0 Å². The Balaban J connectivity index is 1.51. The number of fused-ring (bicyclic) bond motifs is 1. The molecule has 3 aromatic carbocycles. The van der Waals surface area contributed by atoms with E-state index in [0.29, 0.717) is 34.0 Å². The van der Waals surface area contributed by atoms with Crippen molar-refractivity contribution in [2.75, 3.05) is 10.6 Å². The summed E-state index contributed by atoms with van der Waals surface area (Å²) in [6, 6.07) is 23.8. The first kappa shape index (κ1) is 27.3. The average Bonchev–Trinajstić information content (AvgIpc) is 2.95. The third kappa shape index (κ3) is 6.30. The van der Waals surface area contributed by atoms with Gasteiger partial charge in [-0.3, -0.25) is 9.59 Å². The number of anilines is 3. The molecule has 5 rings (SSSR count). The predicted molar refractivity (Wildman–Crippen MR) is 162 cm³/mol. The molecule has 2 amide bonds. The molecule has 0 unspecified atom stereocenters. The second kappa shape index (κ2) is 11.8. The lowest BCUT2D eigenvalue weighted by Crippen LogP contribution is -2.12. The van der Waals surface area contributed by atoms with Gasteiger partial charge in [-0.05, 0) is 84.8 Å². The number of aromatic nitrogens is 3. The quantitative estimate of drug-likeness (QED) is 0.170. The molecule has 8 nitrogen and oxygen atoms in total. The van der Waals surface area contributed by atoms with Gasteiger partial charge in [-0.1, -0.05) is 41.5 Å². The molecule has 2 heterocycles. The van der Waals surface area contributed by atoms with Crippen LogP contribution in [0.5, 0.6) is 0 Å². The first-order chi connectivity index (χ1) is 19.3. The fraction of sp³-hybridized carbons (Fsp3) is 0.100. The van der Waals surface area contributed by atoms with Gasteiger partial charge < -0.3 is 16.4 Å². The lowest BCUT2D eigenvalue weighted by atomic mass is 10.1. The molecule has 0 saturated heterocycles. The SMILES string of the molecule is CC(C)c1ccc2c(Nc3cc(C(=O)Nc4ccc(Br)cc4)ccc3Sc3ccc(C(N)=O)cc3)ncnc2n1. The van der Waals surface area contributed by atoms with Crippen LogP contribution >= 0.6 is 27.7 Å². The van der Waals surface area contributed by atoms with Crippen molar-refractivity contribution < 1.29 is 9.59 Å². The number of carbonyl (C=O) groups excluding carboxylic acids is 2. The summed E-state index contributed by atoms with van der Waals surface area (Å²) in [5, 5.41) is 7.11. The van der Waals surface area contributed by atoms with Crippen LogP contribution in [0, 0.1) is 0 Å². The van der Waals surface area contributed by atoms with Crippen molar-refractivity contribution in [1.29, 1.82) is 0 Å². The normalized spacial score (nSPS) is 11.0. The van der Waals surface area contributed by atoms with Crippen molar-refractivity contribution in [1.82, 2.24) is 15.0 Å². The van der Waals surface area contributed by atoms with Crippen molar-refractivity contribution >= 4 is 67.7 Å². The molecular formula is C30H25BrN6O2S. The van der Waals surface area contributed by atoms with E-state index in [4.69, 9.17) is 5.73 Å². The Bertz CT molecular complexity index is 1710. The van der Waals surface area contributed by atoms with E-state index >= 15 is 0 Å². The van der Waals surface area contributed by atoms with Crippen LogP contribution in [0.15, 0.2) is 99.5 Å². The highest BCUT2D eigenvalue weighted by atomic mass is 79.9. The molecule has 10 heteroatoms. The number of rotatable bonds is 8. The van der Waals surface area contributed by atoms with Crippen LogP contribution in [0.25, 0.3) is 11.0 Å². The Morgan fingerprint density at radius 1 is 0.900 bits per heavy atom. The minimum Gasteiger partial charge on any atom is -0.366 e. The zero-order valence-corrected chi connectivity index (χ0v) is 24.1. The Morgan fingerprint density at radius 3 is 2.33 bits per heavy atom. The number of pyridine rings is 1. The molecule has 4 N–H and O–H groups in total. The van der Waals surface area contributed by atoms with E-state index in [2.05, 4.69) is 55.4 Å². The van der Waals surface area contributed by atoms with Crippen LogP contribution in [0.3, 0.4) is 0 Å². The molecule has 0 radical (unpaired) electrons. The molecule has 0 saturated carbocycles. The van der Waals surface area contributed by atoms with Crippen molar-refractivity contribution in [3.63, 3.8) is 0 Å². The molecule has 0 aliphatic heterocycles. The zero-order chi connectivity index (χ0) is 28.2. The van der Waals surface area contributed by atoms with E-state index in [0.717, 1.165) is 25.3 Å². The topological polar surface area (TPSA) is 123 Å². The number of hydrogen-bond donors (Lipinski definition) is 3. The van der Waals surface area contributed by atoms with Crippen LogP contribution in [0.1, 0.15) is 46.2 Å². The van der Waals surface area contributed by atoms with Gasteiger partial charge in [0.25, 0.3) is 5.91 Å². The highest BCUT2D eigenvalue weighted by Crippen LogP contribution is 2.37. The fourth-order valence-corrected chi connectivity index (χ4v) is 5.06. The second-order valence-electron chi connectivity index (χ2n) is 9.27. The number of benzene rings is 3. The standard InChI is InChI=1S/C30H25BrN6O2S/c1-17(2)24-13-12-23-28(36-24)33-16-34-29(23)37-25-15-19(30(39)35-21-8-6-20(31)7-9-21)5-14-26(25)40-22-10-3-18(4-11-22)27(32)38/h3-17H,1-2H3,(H2,32,38)(H,35,39)(H,33,34,36,37). The highest BCUT2D eigenvalue weighted by Gasteiger charge is 2.15. The van der Waals surface area contributed by atoms with Crippen LogP contribution in [0.2, 0.25) is 0 Å². The molecule has 200 valence electrons. The number of carbonyl (C=O) groups is 2. The molecule has 0 atom stereocenters. The van der Waals surface area contributed by atoms with Gasteiger partial charge in [0.05, 0.1) is 11.1 Å². The molecule has 0 spiro atoms. The summed E-state index contributed by atoms with van der Waals surface area (Å²) in [6.07, 6.45) is 1.47. The first-order valence-electron chi connectivity index (χ1n) is 12.4. The summed E-state index contributed by atoms with van der Waals surface area (Å²) in [7, 11) is 0. The highest BCUT2D eigenvalue weighted by molar-refractivity contribution is 9.10. The van der Waals surface area contributed by atoms with Gasteiger partial charge in [0.2, 0.25) is 5.91 Å². The van der Waals surface area contributed by atoms with E-state index in [1.165, 1.54) is 18.1 Å². The predicted octanol–water partition coefficient (Wildman–Crippen LogP) is 7.16. The van der Waals surface area contributed by atoms with Crippen molar-refractivity contribution in [2.24, 2.45) is 5.73 Å². The Morgan fingerprint density at radius 2 is 1.62 bits per heavy atom.